The fourth-order valence-electron chi connectivity index (χ4n) is 4.59. The molecule has 3 rings (SSSR count). The maximum atomic E-state index is 13.5. The standard InChI is InChI=1S/C25H31F3N2O2/c1-4-32-23(31)24(17-20-9-5-6-11-22(20)25(26,27)28)12-14-30(15-13-24)19(3)16-21-10-7-8-18(2)29-21/h5-11,19H,4,12-17H2,1-3H3/t19-/m1/s1. The van der Waals surface area contributed by atoms with Crippen LogP contribution in [-0.2, 0) is 28.5 Å². The van der Waals surface area contributed by atoms with E-state index in [4.69, 9.17) is 4.74 Å². The molecule has 4 nitrogen and oxygen atoms in total. The number of pyridine rings is 1. The van der Waals surface area contributed by atoms with E-state index < -0.39 is 23.1 Å². The van der Waals surface area contributed by atoms with Gasteiger partial charge in [-0.05, 0) is 76.9 Å². The topological polar surface area (TPSA) is 42.4 Å². The van der Waals surface area contributed by atoms with E-state index in [9.17, 15) is 18.0 Å². The SMILES string of the molecule is CCOC(=O)C1(Cc2ccccc2C(F)(F)F)CCN([C@H](C)Cc2cccc(C)n2)CC1. The Labute approximate surface area is 187 Å². The van der Waals surface area contributed by atoms with Crippen molar-refractivity contribution in [1.29, 1.82) is 0 Å². The van der Waals surface area contributed by atoms with Crippen LogP contribution in [0.25, 0.3) is 0 Å². The third kappa shape index (κ3) is 5.68. The fraction of sp³-hybridized carbons (Fsp3) is 0.520. The number of ether oxygens (including phenoxy) is 1. The quantitative estimate of drug-likeness (QED) is 0.544. The van der Waals surface area contributed by atoms with E-state index in [0.717, 1.165) is 23.9 Å². The summed E-state index contributed by atoms with van der Waals surface area (Å²) in [6.07, 6.45) is -2.72. The second-order valence-corrected chi connectivity index (χ2v) is 8.69. The van der Waals surface area contributed by atoms with Gasteiger partial charge in [0.15, 0.2) is 0 Å². The smallest absolute Gasteiger partial charge is 0.416 e. The molecular formula is C25H31F3N2O2. The number of nitrogens with zero attached hydrogens (tertiary/aromatic N) is 2. The molecule has 1 aromatic carbocycles. The molecule has 0 N–H and O–H groups in total. The number of aryl methyl sites for hydroxylation is 1. The minimum Gasteiger partial charge on any atom is -0.466 e. The van der Waals surface area contributed by atoms with E-state index in [2.05, 4.69) is 16.8 Å². The number of esters is 1. The number of rotatable bonds is 7. The second kappa shape index (κ2) is 10.0. The van der Waals surface area contributed by atoms with Crippen molar-refractivity contribution in [2.75, 3.05) is 19.7 Å². The van der Waals surface area contributed by atoms with Gasteiger partial charge in [-0.15, -0.1) is 0 Å². The Hall–Kier alpha value is -2.41. The number of carbonyl (C=O) groups is 1. The van der Waals surface area contributed by atoms with Crippen LogP contribution >= 0.6 is 0 Å². The highest BCUT2D eigenvalue weighted by atomic mass is 19.4. The number of alkyl halides is 3. The number of aromatic nitrogens is 1. The molecular weight excluding hydrogens is 417 g/mol. The Balaban J connectivity index is 1.76. The Morgan fingerprint density at radius 3 is 2.47 bits per heavy atom. The molecule has 7 heteroatoms. The highest BCUT2D eigenvalue weighted by Gasteiger charge is 2.45. The van der Waals surface area contributed by atoms with Gasteiger partial charge in [-0.2, -0.15) is 13.2 Å². The third-order valence-corrected chi connectivity index (χ3v) is 6.39. The van der Waals surface area contributed by atoms with Gasteiger partial charge in [0.1, 0.15) is 0 Å². The van der Waals surface area contributed by atoms with E-state index in [0.29, 0.717) is 25.9 Å². The van der Waals surface area contributed by atoms with Crippen LogP contribution in [0, 0.1) is 12.3 Å². The van der Waals surface area contributed by atoms with Gasteiger partial charge in [0.05, 0.1) is 17.6 Å². The predicted octanol–water partition coefficient (Wildman–Crippen LogP) is 5.23. The highest BCUT2D eigenvalue weighted by molar-refractivity contribution is 5.77. The molecule has 1 fully saturated rings. The van der Waals surface area contributed by atoms with Crippen LogP contribution in [-0.4, -0.2) is 41.6 Å². The number of hydrogen-bond acceptors (Lipinski definition) is 4. The zero-order valence-corrected chi connectivity index (χ0v) is 18.9. The number of likely N-dealkylation sites (tertiary alicyclic amines) is 1. The minimum atomic E-state index is -4.46. The molecule has 0 radical (unpaired) electrons. The Morgan fingerprint density at radius 2 is 1.84 bits per heavy atom. The highest BCUT2D eigenvalue weighted by Crippen LogP contribution is 2.41. The van der Waals surface area contributed by atoms with Crippen molar-refractivity contribution in [3.8, 4) is 0 Å². The van der Waals surface area contributed by atoms with E-state index in [1.165, 1.54) is 12.1 Å². The maximum absolute atomic E-state index is 13.5. The lowest BCUT2D eigenvalue weighted by atomic mass is 9.72. The molecule has 1 saturated heterocycles. The number of halogens is 3. The normalized spacial score (nSPS) is 17.7. The first-order valence-corrected chi connectivity index (χ1v) is 11.1. The molecule has 0 saturated carbocycles. The molecule has 0 spiro atoms. The maximum Gasteiger partial charge on any atom is 0.416 e. The molecule has 0 unspecified atom stereocenters. The van der Waals surface area contributed by atoms with Crippen LogP contribution < -0.4 is 0 Å². The van der Waals surface area contributed by atoms with Gasteiger partial charge in [-0.3, -0.25) is 9.78 Å². The third-order valence-electron chi connectivity index (χ3n) is 6.39. The molecule has 2 heterocycles. The van der Waals surface area contributed by atoms with Crippen LogP contribution in [0.3, 0.4) is 0 Å². The first-order valence-electron chi connectivity index (χ1n) is 11.1. The van der Waals surface area contributed by atoms with Gasteiger partial charge in [0.25, 0.3) is 0 Å². The molecule has 1 atom stereocenters. The monoisotopic (exact) mass is 448 g/mol. The summed E-state index contributed by atoms with van der Waals surface area (Å²) in [5.74, 6) is -0.398. The number of hydrogen-bond donors (Lipinski definition) is 0. The number of benzene rings is 1. The van der Waals surface area contributed by atoms with Gasteiger partial charge >= 0.3 is 12.1 Å². The largest absolute Gasteiger partial charge is 0.466 e. The van der Waals surface area contributed by atoms with Crippen molar-refractivity contribution in [2.45, 2.75) is 58.7 Å². The molecule has 0 bridgehead atoms. The van der Waals surface area contributed by atoms with Crippen molar-refractivity contribution in [1.82, 2.24) is 9.88 Å². The zero-order chi connectivity index (χ0) is 23.4. The van der Waals surface area contributed by atoms with Crippen molar-refractivity contribution < 1.29 is 22.7 Å². The summed E-state index contributed by atoms with van der Waals surface area (Å²) in [6.45, 7) is 7.27. The van der Waals surface area contributed by atoms with Crippen LogP contribution in [0.2, 0.25) is 0 Å². The fourth-order valence-corrected chi connectivity index (χ4v) is 4.59. The molecule has 2 aromatic rings. The zero-order valence-electron chi connectivity index (χ0n) is 18.9. The second-order valence-electron chi connectivity index (χ2n) is 8.69. The van der Waals surface area contributed by atoms with Gasteiger partial charge in [0.2, 0.25) is 0 Å². The lowest BCUT2D eigenvalue weighted by Gasteiger charge is -2.42. The van der Waals surface area contributed by atoms with E-state index in [1.807, 2.05) is 25.1 Å². The lowest BCUT2D eigenvalue weighted by molar-refractivity contribution is -0.159. The average molecular weight is 449 g/mol. The lowest BCUT2D eigenvalue weighted by Crippen LogP contribution is -2.49. The Kier molecular flexibility index (Phi) is 7.59. The van der Waals surface area contributed by atoms with Crippen molar-refractivity contribution in [3.63, 3.8) is 0 Å². The van der Waals surface area contributed by atoms with E-state index in [-0.39, 0.29) is 24.6 Å². The van der Waals surface area contributed by atoms with Crippen molar-refractivity contribution in [3.05, 3.63) is 65.0 Å². The van der Waals surface area contributed by atoms with Gasteiger partial charge in [-0.25, -0.2) is 0 Å². The number of carbonyl (C=O) groups excluding carboxylic acids is 1. The molecule has 174 valence electrons. The molecule has 1 aliphatic heterocycles. The van der Waals surface area contributed by atoms with Crippen LogP contribution in [0.4, 0.5) is 13.2 Å². The average Bonchev–Trinajstić information content (AvgIpc) is 2.74. The van der Waals surface area contributed by atoms with Crippen molar-refractivity contribution in [2.24, 2.45) is 5.41 Å². The van der Waals surface area contributed by atoms with Crippen LogP contribution in [0.15, 0.2) is 42.5 Å². The minimum absolute atomic E-state index is 0.0309. The van der Waals surface area contributed by atoms with E-state index >= 15 is 0 Å². The first kappa shape index (κ1) is 24.2. The predicted molar refractivity (Wildman–Crippen MR) is 117 cm³/mol. The Morgan fingerprint density at radius 1 is 1.16 bits per heavy atom. The number of piperidine rings is 1. The van der Waals surface area contributed by atoms with Gasteiger partial charge in [-0.1, -0.05) is 24.3 Å². The van der Waals surface area contributed by atoms with Crippen LogP contribution in [0.1, 0.15) is 49.2 Å². The molecule has 32 heavy (non-hydrogen) atoms. The summed E-state index contributed by atoms with van der Waals surface area (Å²) in [4.78, 5) is 19.8. The summed E-state index contributed by atoms with van der Waals surface area (Å²) in [5.41, 5.74) is 0.509. The molecule has 0 amide bonds. The molecule has 1 aliphatic rings. The summed E-state index contributed by atoms with van der Waals surface area (Å²) < 4.78 is 46.0. The van der Waals surface area contributed by atoms with Crippen molar-refractivity contribution >= 4 is 5.97 Å². The Bertz CT molecular complexity index is 921. The van der Waals surface area contributed by atoms with Crippen LogP contribution in [0.5, 0.6) is 0 Å². The first-order chi connectivity index (χ1) is 15.1. The van der Waals surface area contributed by atoms with Gasteiger partial charge in [0, 0.05) is 23.9 Å². The summed E-state index contributed by atoms with van der Waals surface area (Å²) in [5, 5.41) is 0. The van der Waals surface area contributed by atoms with E-state index in [1.54, 1.807) is 13.0 Å². The molecule has 0 aliphatic carbocycles. The summed E-state index contributed by atoms with van der Waals surface area (Å²) in [7, 11) is 0. The van der Waals surface area contributed by atoms with Gasteiger partial charge < -0.3 is 9.64 Å². The molecule has 1 aromatic heterocycles. The summed E-state index contributed by atoms with van der Waals surface area (Å²) in [6, 6.07) is 11.7. The summed E-state index contributed by atoms with van der Waals surface area (Å²) >= 11 is 0.